The largest absolute Gasteiger partial charge is 0.372 e. The van der Waals surface area contributed by atoms with Crippen LogP contribution >= 0.6 is 0 Å². The van der Waals surface area contributed by atoms with Gasteiger partial charge >= 0.3 is 5.69 Å². The second-order valence-electron chi connectivity index (χ2n) is 10.7. The van der Waals surface area contributed by atoms with Gasteiger partial charge < -0.3 is 16.2 Å². The number of primary amides is 1. The Kier molecular flexibility index (Phi) is 9.54. The van der Waals surface area contributed by atoms with Gasteiger partial charge in [0.1, 0.15) is 6.04 Å². The SMILES string of the molecule is C[C@@H](OCc1ccc(CCCCc2cccc3c2n(C)c(=O)n3C2CCC(=O)NC2=O)cc1)[C@@H](N)CCC(N)=O. The Hall–Kier alpha value is -3.76. The smallest absolute Gasteiger partial charge is 0.329 e. The number of nitrogens with zero attached hydrogens (tertiary/aromatic N) is 2. The fourth-order valence-electron chi connectivity index (χ4n) is 5.29. The van der Waals surface area contributed by atoms with Crippen LogP contribution in [-0.2, 0) is 45.6 Å². The van der Waals surface area contributed by atoms with Crippen LogP contribution in [0.25, 0.3) is 11.0 Å². The summed E-state index contributed by atoms with van der Waals surface area (Å²) < 4.78 is 9.01. The van der Waals surface area contributed by atoms with Crippen LogP contribution in [0.15, 0.2) is 47.3 Å². The van der Waals surface area contributed by atoms with Crippen molar-refractivity contribution in [1.29, 1.82) is 0 Å². The molecule has 3 aromatic rings. The Morgan fingerprint density at radius 1 is 1.07 bits per heavy atom. The van der Waals surface area contributed by atoms with Crippen LogP contribution in [0, 0.1) is 0 Å². The van der Waals surface area contributed by atoms with E-state index in [1.54, 1.807) is 11.6 Å². The number of ether oxygens (including phenoxy) is 1. The van der Waals surface area contributed by atoms with Gasteiger partial charge in [0.05, 0.1) is 23.7 Å². The normalized spacial score (nSPS) is 17.1. The molecule has 10 heteroatoms. The van der Waals surface area contributed by atoms with E-state index < -0.39 is 11.9 Å². The van der Waals surface area contributed by atoms with E-state index in [1.807, 2.05) is 25.1 Å². The lowest BCUT2D eigenvalue weighted by Gasteiger charge is -2.22. The Morgan fingerprint density at radius 2 is 1.77 bits per heavy atom. The summed E-state index contributed by atoms with van der Waals surface area (Å²) in [5.41, 5.74) is 16.0. The molecule has 1 aromatic heterocycles. The third-order valence-corrected chi connectivity index (χ3v) is 7.73. The number of amides is 3. The molecule has 2 heterocycles. The Labute approximate surface area is 233 Å². The number of hydrogen-bond acceptors (Lipinski definition) is 6. The lowest BCUT2D eigenvalue weighted by atomic mass is 10.0. The lowest BCUT2D eigenvalue weighted by molar-refractivity contribution is -0.135. The van der Waals surface area contributed by atoms with Gasteiger partial charge in [-0.05, 0) is 68.2 Å². The minimum absolute atomic E-state index is 0.177. The summed E-state index contributed by atoms with van der Waals surface area (Å²) in [7, 11) is 1.73. The van der Waals surface area contributed by atoms with E-state index in [0.29, 0.717) is 19.4 Å². The highest BCUT2D eigenvalue weighted by Crippen LogP contribution is 2.26. The predicted octanol–water partition coefficient (Wildman–Crippen LogP) is 2.38. The fraction of sp³-hybridized carbons (Fsp3) is 0.467. The molecule has 3 atom stereocenters. The van der Waals surface area contributed by atoms with Crippen LogP contribution in [0.5, 0.6) is 0 Å². The molecule has 1 saturated heterocycles. The number of nitrogens with two attached hydrogens (primary N) is 2. The third-order valence-electron chi connectivity index (χ3n) is 7.73. The third kappa shape index (κ3) is 6.86. The van der Waals surface area contributed by atoms with Crippen molar-refractivity contribution in [3.8, 4) is 0 Å². The van der Waals surface area contributed by atoms with Gasteiger partial charge in [-0.15, -0.1) is 0 Å². The molecule has 1 aliphatic heterocycles. The van der Waals surface area contributed by atoms with Crippen molar-refractivity contribution < 1.29 is 19.1 Å². The number of aromatic nitrogens is 2. The zero-order valence-electron chi connectivity index (χ0n) is 23.2. The number of aryl methyl sites for hydroxylation is 3. The summed E-state index contributed by atoms with van der Waals surface area (Å²) in [5, 5.41) is 2.36. The number of fused-ring (bicyclic) bond motifs is 1. The molecule has 5 N–H and O–H groups in total. The molecule has 0 spiro atoms. The van der Waals surface area contributed by atoms with E-state index in [4.69, 9.17) is 16.2 Å². The summed E-state index contributed by atoms with van der Waals surface area (Å²) >= 11 is 0. The number of carbonyl (C=O) groups excluding carboxylic acids is 3. The zero-order chi connectivity index (χ0) is 28.8. The van der Waals surface area contributed by atoms with Crippen molar-refractivity contribution in [3.05, 3.63) is 69.6 Å². The standard InChI is InChI=1S/C30H39N5O5/c1-19(23(31)14-16-26(32)36)40-18-21-12-10-20(11-13-21)6-3-4-7-22-8-5-9-24-28(22)34(2)30(39)35(24)25-15-17-27(37)33-29(25)38/h5,8-13,19,23,25H,3-4,6-7,14-18,31H2,1-2H3,(H2,32,36)(H,33,37,38)/t19-,23+,25?/m1/s1. The Morgan fingerprint density at radius 3 is 2.48 bits per heavy atom. The monoisotopic (exact) mass is 549 g/mol. The highest BCUT2D eigenvalue weighted by molar-refractivity contribution is 6.00. The van der Waals surface area contributed by atoms with Gasteiger partial charge in [0.2, 0.25) is 17.7 Å². The van der Waals surface area contributed by atoms with Crippen LogP contribution in [0.2, 0.25) is 0 Å². The van der Waals surface area contributed by atoms with E-state index >= 15 is 0 Å². The van der Waals surface area contributed by atoms with Crippen LogP contribution in [0.4, 0.5) is 0 Å². The fourth-order valence-corrected chi connectivity index (χ4v) is 5.29. The van der Waals surface area contributed by atoms with Gasteiger partial charge in [-0.1, -0.05) is 36.4 Å². The highest BCUT2D eigenvalue weighted by atomic mass is 16.5. The van der Waals surface area contributed by atoms with Crippen molar-refractivity contribution in [2.75, 3.05) is 0 Å². The van der Waals surface area contributed by atoms with E-state index in [2.05, 4.69) is 29.6 Å². The average Bonchev–Trinajstić information content (AvgIpc) is 3.19. The topological polar surface area (TPSA) is 151 Å². The summed E-state index contributed by atoms with van der Waals surface area (Å²) in [6.07, 6.45) is 4.80. The van der Waals surface area contributed by atoms with Gasteiger partial charge in [0, 0.05) is 25.9 Å². The first kappa shape index (κ1) is 29.2. The summed E-state index contributed by atoms with van der Waals surface area (Å²) in [5.74, 6) is -1.08. The number of imidazole rings is 1. The van der Waals surface area contributed by atoms with Crippen molar-refractivity contribution in [2.24, 2.45) is 18.5 Å². The highest BCUT2D eigenvalue weighted by Gasteiger charge is 2.31. The van der Waals surface area contributed by atoms with Crippen molar-refractivity contribution in [3.63, 3.8) is 0 Å². The maximum Gasteiger partial charge on any atom is 0.329 e. The van der Waals surface area contributed by atoms with E-state index in [0.717, 1.165) is 47.8 Å². The molecule has 40 heavy (non-hydrogen) atoms. The summed E-state index contributed by atoms with van der Waals surface area (Å²) in [4.78, 5) is 48.1. The molecule has 2 aromatic carbocycles. The second-order valence-corrected chi connectivity index (χ2v) is 10.7. The van der Waals surface area contributed by atoms with Gasteiger partial charge in [-0.2, -0.15) is 0 Å². The number of benzene rings is 2. The average molecular weight is 550 g/mol. The van der Waals surface area contributed by atoms with E-state index in [-0.39, 0.29) is 42.5 Å². The minimum atomic E-state index is -0.681. The van der Waals surface area contributed by atoms with Crippen LogP contribution in [-0.4, -0.2) is 39.0 Å². The zero-order valence-corrected chi connectivity index (χ0v) is 23.2. The minimum Gasteiger partial charge on any atom is -0.372 e. The maximum absolute atomic E-state index is 13.1. The van der Waals surface area contributed by atoms with E-state index in [1.165, 1.54) is 10.1 Å². The molecule has 0 radical (unpaired) electrons. The molecular formula is C30H39N5O5. The van der Waals surface area contributed by atoms with Crippen molar-refractivity contribution >= 4 is 28.8 Å². The number of rotatable bonds is 13. The number of unbranched alkanes of at least 4 members (excludes halogenated alkanes) is 1. The van der Waals surface area contributed by atoms with Crippen molar-refractivity contribution in [2.45, 2.75) is 83.1 Å². The van der Waals surface area contributed by atoms with Gasteiger partial charge in [-0.25, -0.2) is 4.79 Å². The summed E-state index contributed by atoms with van der Waals surface area (Å²) in [6, 6.07) is 13.2. The molecule has 3 amide bonds. The lowest BCUT2D eigenvalue weighted by Crippen LogP contribution is -2.44. The quantitative estimate of drug-likeness (QED) is 0.220. The number of carbonyl (C=O) groups is 3. The Balaban J connectivity index is 1.31. The molecule has 1 aliphatic rings. The molecule has 0 saturated carbocycles. The van der Waals surface area contributed by atoms with Gasteiger partial charge in [-0.3, -0.25) is 28.8 Å². The number of hydrogen-bond donors (Lipinski definition) is 3. The summed E-state index contributed by atoms with van der Waals surface area (Å²) in [6.45, 7) is 2.36. The maximum atomic E-state index is 13.1. The number of imide groups is 1. The Bertz CT molecular complexity index is 1420. The molecule has 0 bridgehead atoms. The molecule has 214 valence electrons. The van der Waals surface area contributed by atoms with E-state index in [9.17, 15) is 19.2 Å². The van der Waals surface area contributed by atoms with Crippen LogP contribution in [0.3, 0.4) is 0 Å². The molecule has 4 rings (SSSR count). The first-order valence-corrected chi connectivity index (χ1v) is 13.9. The number of para-hydroxylation sites is 1. The first-order chi connectivity index (χ1) is 19.2. The van der Waals surface area contributed by atoms with Crippen LogP contribution < -0.4 is 22.5 Å². The molecule has 0 aliphatic carbocycles. The number of piperidine rings is 1. The predicted molar refractivity (Wildman–Crippen MR) is 152 cm³/mol. The van der Waals surface area contributed by atoms with Crippen molar-refractivity contribution in [1.82, 2.24) is 14.5 Å². The number of nitrogens with one attached hydrogen (secondary N) is 1. The van der Waals surface area contributed by atoms with Gasteiger partial charge in [0.25, 0.3) is 0 Å². The molecule has 1 unspecified atom stereocenters. The van der Waals surface area contributed by atoms with Gasteiger partial charge in [0.15, 0.2) is 0 Å². The molecule has 1 fully saturated rings. The second kappa shape index (κ2) is 13.1. The molecule has 10 nitrogen and oxygen atoms in total. The molecular weight excluding hydrogens is 510 g/mol. The first-order valence-electron chi connectivity index (χ1n) is 13.9. The van der Waals surface area contributed by atoms with Crippen LogP contribution in [0.1, 0.15) is 68.2 Å².